The number of carbonyl (C=O) groups is 2. The van der Waals surface area contributed by atoms with Gasteiger partial charge in [-0.25, -0.2) is 4.98 Å². The first-order valence-corrected chi connectivity index (χ1v) is 10.8. The van der Waals surface area contributed by atoms with E-state index < -0.39 is 10.8 Å². The van der Waals surface area contributed by atoms with Crippen LogP contribution in [0.3, 0.4) is 0 Å². The zero-order valence-corrected chi connectivity index (χ0v) is 18.9. The van der Waals surface area contributed by atoms with Gasteiger partial charge in [0.1, 0.15) is 5.02 Å². The van der Waals surface area contributed by atoms with E-state index in [4.69, 9.17) is 11.6 Å². The molecule has 1 aliphatic rings. The first-order valence-electron chi connectivity index (χ1n) is 9.51. The van der Waals surface area contributed by atoms with Crippen molar-refractivity contribution in [3.8, 4) is 0 Å². The fraction of sp³-hybridized carbons (Fsp3) is 0.136. The fourth-order valence-electron chi connectivity index (χ4n) is 3.46. The second kappa shape index (κ2) is 8.18. The Morgan fingerprint density at radius 3 is 2.75 bits per heavy atom. The van der Waals surface area contributed by atoms with Crippen LogP contribution in [0.25, 0.3) is 11.6 Å². The molecule has 3 aromatic rings. The molecule has 162 valence electrons. The Hall–Kier alpha value is -3.56. The number of thiazole rings is 1. The van der Waals surface area contributed by atoms with Gasteiger partial charge in [-0.05, 0) is 43.2 Å². The molecule has 1 aliphatic heterocycles. The van der Waals surface area contributed by atoms with Gasteiger partial charge in [0.05, 0.1) is 27.6 Å². The lowest BCUT2D eigenvalue weighted by Gasteiger charge is -2.21. The smallest absolute Gasteiger partial charge is 0.288 e. The molecule has 0 unspecified atom stereocenters. The maximum atomic E-state index is 12.5. The van der Waals surface area contributed by atoms with Gasteiger partial charge >= 0.3 is 0 Å². The summed E-state index contributed by atoms with van der Waals surface area (Å²) in [5.41, 5.74) is 3.92. The minimum absolute atomic E-state index is 0.0585. The van der Waals surface area contributed by atoms with Gasteiger partial charge in [-0.3, -0.25) is 24.6 Å². The van der Waals surface area contributed by atoms with Crippen LogP contribution < -0.4 is 10.2 Å². The summed E-state index contributed by atoms with van der Waals surface area (Å²) in [5, 5.41) is 16.0. The standard InChI is InChI=1S/C22H17ClN4O4S/c1-11-5-4-6-19(12(11)2)26(13(3)28)22-24-14(10-32-22)7-16-15-8-20(27(30)31)17(23)9-18(15)25-21(16)29/h4-10H,1-3H3,(H,25,29)/b16-7+. The van der Waals surface area contributed by atoms with Gasteiger partial charge in [-0.2, -0.15) is 0 Å². The second-order valence-corrected chi connectivity index (χ2v) is 8.49. The van der Waals surface area contributed by atoms with Crippen molar-refractivity contribution in [1.29, 1.82) is 0 Å². The summed E-state index contributed by atoms with van der Waals surface area (Å²) in [6.07, 6.45) is 1.54. The SMILES string of the molecule is CC(=O)N(c1nc(/C=C2/C(=O)Nc3cc(Cl)c([N+](=O)[O-])cc32)cs1)c1cccc(C)c1C. The Morgan fingerprint density at radius 1 is 1.31 bits per heavy atom. The van der Waals surface area contributed by atoms with Crippen LogP contribution in [0, 0.1) is 24.0 Å². The molecule has 0 atom stereocenters. The number of fused-ring (bicyclic) bond motifs is 1. The molecule has 0 aliphatic carbocycles. The summed E-state index contributed by atoms with van der Waals surface area (Å²) in [6.45, 7) is 5.37. The highest BCUT2D eigenvalue weighted by Gasteiger charge is 2.29. The molecule has 0 saturated heterocycles. The molecule has 0 fully saturated rings. The Kier molecular flexibility index (Phi) is 5.53. The molecule has 0 saturated carbocycles. The first kappa shape index (κ1) is 21.7. The van der Waals surface area contributed by atoms with Crippen LogP contribution in [-0.2, 0) is 9.59 Å². The molecule has 0 bridgehead atoms. The summed E-state index contributed by atoms with van der Waals surface area (Å²) in [5.74, 6) is -0.606. The van der Waals surface area contributed by atoms with Crippen molar-refractivity contribution in [2.75, 3.05) is 10.2 Å². The Balaban J connectivity index is 1.76. The quantitative estimate of drug-likeness (QED) is 0.309. The third-order valence-electron chi connectivity index (χ3n) is 5.19. The molecule has 10 heteroatoms. The average Bonchev–Trinajstić information content (AvgIpc) is 3.29. The van der Waals surface area contributed by atoms with Crippen LogP contribution in [0.5, 0.6) is 0 Å². The summed E-state index contributed by atoms with van der Waals surface area (Å²) in [4.78, 5) is 41.7. The minimum Gasteiger partial charge on any atom is -0.321 e. The number of anilines is 3. The summed E-state index contributed by atoms with van der Waals surface area (Å²) in [7, 11) is 0. The van der Waals surface area contributed by atoms with Crippen molar-refractivity contribution in [3.05, 3.63) is 73.2 Å². The van der Waals surface area contributed by atoms with E-state index in [2.05, 4.69) is 10.3 Å². The molecule has 2 amide bonds. The number of hydrogen-bond donors (Lipinski definition) is 1. The highest BCUT2D eigenvalue weighted by Crippen LogP contribution is 2.40. The van der Waals surface area contributed by atoms with Gasteiger partial charge < -0.3 is 5.32 Å². The van der Waals surface area contributed by atoms with Crippen molar-refractivity contribution in [2.45, 2.75) is 20.8 Å². The van der Waals surface area contributed by atoms with E-state index in [1.807, 2.05) is 32.0 Å². The van der Waals surface area contributed by atoms with E-state index in [1.165, 1.54) is 35.3 Å². The van der Waals surface area contributed by atoms with E-state index in [-0.39, 0.29) is 22.2 Å². The largest absolute Gasteiger partial charge is 0.321 e. The van der Waals surface area contributed by atoms with E-state index >= 15 is 0 Å². The molecular formula is C22H17ClN4O4S. The van der Waals surface area contributed by atoms with Crippen molar-refractivity contribution >= 4 is 68.6 Å². The predicted molar refractivity (Wildman–Crippen MR) is 125 cm³/mol. The monoisotopic (exact) mass is 468 g/mol. The van der Waals surface area contributed by atoms with Crippen LogP contribution in [-0.4, -0.2) is 21.7 Å². The fourth-order valence-corrected chi connectivity index (χ4v) is 4.53. The lowest BCUT2D eigenvalue weighted by molar-refractivity contribution is -0.384. The third-order valence-corrected chi connectivity index (χ3v) is 6.34. The third kappa shape index (κ3) is 3.76. The van der Waals surface area contributed by atoms with Gasteiger partial charge in [0.25, 0.3) is 11.6 Å². The number of nitro benzene ring substituents is 1. The molecule has 8 nitrogen and oxygen atoms in total. The molecule has 0 radical (unpaired) electrons. The molecule has 1 N–H and O–H groups in total. The van der Waals surface area contributed by atoms with Crippen LogP contribution >= 0.6 is 22.9 Å². The second-order valence-electron chi connectivity index (χ2n) is 7.25. The predicted octanol–water partition coefficient (Wildman–Crippen LogP) is 5.50. The number of nitro groups is 1. The van der Waals surface area contributed by atoms with E-state index in [1.54, 1.807) is 11.5 Å². The molecule has 4 rings (SSSR count). The Morgan fingerprint density at radius 2 is 2.06 bits per heavy atom. The maximum absolute atomic E-state index is 12.5. The lowest BCUT2D eigenvalue weighted by atomic mass is 10.1. The molecule has 32 heavy (non-hydrogen) atoms. The number of aryl methyl sites for hydroxylation is 1. The van der Waals surface area contributed by atoms with Gasteiger partial charge in [0.2, 0.25) is 5.91 Å². The van der Waals surface area contributed by atoms with E-state index in [0.717, 1.165) is 16.8 Å². The van der Waals surface area contributed by atoms with Crippen molar-refractivity contribution in [1.82, 2.24) is 4.98 Å². The highest BCUT2D eigenvalue weighted by molar-refractivity contribution is 7.14. The average molecular weight is 469 g/mol. The number of nitrogens with one attached hydrogen (secondary N) is 1. The zero-order chi connectivity index (χ0) is 23.2. The number of carbonyl (C=O) groups excluding carboxylic acids is 2. The normalized spacial score (nSPS) is 13.8. The zero-order valence-electron chi connectivity index (χ0n) is 17.3. The number of benzene rings is 2. The van der Waals surface area contributed by atoms with Gasteiger partial charge in [-0.15, -0.1) is 11.3 Å². The summed E-state index contributed by atoms with van der Waals surface area (Å²) >= 11 is 7.21. The number of aromatic nitrogens is 1. The summed E-state index contributed by atoms with van der Waals surface area (Å²) < 4.78 is 0. The molecule has 0 spiro atoms. The van der Waals surface area contributed by atoms with Crippen molar-refractivity contribution < 1.29 is 14.5 Å². The molecule has 2 heterocycles. The van der Waals surface area contributed by atoms with Crippen LogP contribution in [0.2, 0.25) is 5.02 Å². The van der Waals surface area contributed by atoms with Gasteiger partial charge in [0.15, 0.2) is 5.13 Å². The Bertz CT molecular complexity index is 1330. The van der Waals surface area contributed by atoms with Crippen LogP contribution in [0.1, 0.15) is 29.3 Å². The highest BCUT2D eigenvalue weighted by atomic mass is 35.5. The minimum atomic E-state index is -0.598. The van der Waals surface area contributed by atoms with E-state index in [9.17, 15) is 19.7 Å². The molecule has 1 aromatic heterocycles. The topological polar surface area (TPSA) is 105 Å². The van der Waals surface area contributed by atoms with Gasteiger partial charge in [0, 0.05) is 23.9 Å². The number of nitrogens with zero attached hydrogens (tertiary/aromatic N) is 3. The van der Waals surface area contributed by atoms with Crippen molar-refractivity contribution in [3.63, 3.8) is 0 Å². The van der Waals surface area contributed by atoms with Crippen LogP contribution in [0.15, 0.2) is 35.7 Å². The lowest BCUT2D eigenvalue weighted by Crippen LogP contribution is -2.23. The maximum Gasteiger partial charge on any atom is 0.288 e. The first-order chi connectivity index (χ1) is 15.2. The molecule has 2 aromatic carbocycles. The number of amides is 2. The number of halogens is 1. The van der Waals surface area contributed by atoms with E-state index in [0.29, 0.717) is 22.1 Å². The number of rotatable bonds is 4. The molecular weight excluding hydrogens is 452 g/mol. The van der Waals surface area contributed by atoms with Gasteiger partial charge in [-0.1, -0.05) is 23.7 Å². The van der Waals surface area contributed by atoms with Crippen LogP contribution in [0.4, 0.5) is 22.2 Å². The Labute approximate surface area is 192 Å². The van der Waals surface area contributed by atoms with Crippen molar-refractivity contribution in [2.24, 2.45) is 0 Å². The number of hydrogen-bond acceptors (Lipinski definition) is 6. The summed E-state index contributed by atoms with van der Waals surface area (Å²) in [6, 6.07) is 8.33.